The van der Waals surface area contributed by atoms with Crippen molar-refractivity contribution in [1.29, 1.82) is 0 Å². The molecule has 0 spiro atoms. The van der Waals surface area contributed by atoms with E-state index in [4.69, 9.17) is 42.6 Å². The number of thioether (sulfide) groups is 1. The number of ether oxygens (including phenoxy) is 9. The molecule has 3 saturated heterocycles. The van der Waals surface area contributed by atoms with Crippen molar-refractivity contribution in [3.63, 3.8) is 0 Å². The third-order valence-corrected chi connectivity index (χ3v) is 7.28. The smallest absolute Gasteiger partial charge is 0.303 e. The van der Waals surface area contributed by atoms with E-state index in [0.29, 0.717) is 0 Å². The molecule has 0 amide bonds. The fourth-order valence-corrected chi connectivity index (χ4v) is 5.90. The Morgan fingerprint density at radius 3 is 1.97 bits per heavy atom. The molecule has 222 valence electrons. The fraction of sp³-hybridized carbons (Fsp3) is 0.833. The summed E-state index contributed by atoms with van der Waals surface area (Å²) in [7, 11) is 1.46. The van der Waals surface area contributed by atoms with Crippen LogP contribution in [0.4, 0.5) is 0 Å². The zero-order valence-electron chi connectivity index (χ0n) is 22.9. The maximum absolute atomic E-state index is 12.0. The minimum atomic E-state index is -1.29. The maximum Gasteiger partial charge on any atom is 0.303 e. The number of aliphatic hydroxyl groups is 1. The molecule has 3 heterocycles. The summed E-state index contributed by atoms with van der Waals surface area (Å²) >= 11 is 1.04. The summed E-state index contributed by atoms with van der Waals surface area (Å²) in [6, 6.07) is 0. The summed E-state index contributed by atoms with van der Waals surface area (Å²) in [5, 5.41) is 11.1. The van der Waals surface area contributed by atoms with Crippen molar-refractivity contribution < 1.29 is 66.9 Å². The van der Waals surface area contributed by atoms with Crippen LogP contribution in [0.25, 0.3) is 0 Å². The second-order valence-corrected chi connectivity index (χ2v) is 10.9. The van der Waals surface area contributed by atoms with Gasteiger partial charge in [0, 0.05) is 40.6 Å². The van der Waals surface area contributed by atoms with Gasteiger partial charge in [-0.1, -0.05) is 0 Å². The fourth-order valence-electron chi connectivity index (χ4n) is 4.70. The second-order valence-electron chi connectivity index (χ2n) is 9.74. The summed E-state index contributed by atoms with van der Waals surface area (Å²) in [5.74, 6) is -3.70. The number of hydrogen-bond acceptors (Lipinski definition) is 15. The van der Waals surface area contributed by atoms with E-state index in [2.05, 4.69) is 0 Å². The quantitative estimate of drug-likeness (QED) is 0.271. The number of rotatable bonds is 10. The molecule has 14 nitrogen and oxygen atoms in total. The number of carbonyl (C=O) groups is 4. The Hall–Kier alpha value is -2.01. The van der Waals surface area contributed by atoms with Gasteiger partial charge in [0.15, 0.2) is 30.4 Å². The van der Waals surface area contributed by atoms with Crippen LogP contribution in [-0.2, 0) is 61.8 Å². The Balaban J connectivity index is 1.82. The van der Waals surface area contributed by atoms with Gasteiger partial charge >= 0.3 is 23.9 Å². The van der Waals surface area contributed by atoms with Gasteiger partial charge in [0.05, 0.1) is 6.10 Å². The molecule has 3 fully saturated rings. The minimum Gasteiger partial charge on any atom is -0.463 e. The van der Waals surface area contributed by atoms with Crippen molar-refractivity contribution in [2.24, 2.45) is 0 Å². The van der Waals surface area contributed by atoms with Crippen LogP contribution in [0, 0.1) is 0 Å². The summed E-state index contributed by atoms with van der Waals surface area (Å²) in [6.45, 7) is 7.77. The lowest BCUT2D eigenvalue weighted by atomic mass is 9.99. The standard InChI is InChI=1S/C24H36O14S/c1-10(25)31-8-15-17(32-11(2)26)18(33-12(3)27)21(34-13(4)28)23(35-15)39-9-14(29)16-19-20(22(30-7)36-16)38-24(5,6)37-19/h14-23,29H,8-9H2,1-7H3/t14-,15-,16-,17-,18+,19+,20+,21-,22+,23+/m1/s1. The van der Waals surface area contributed by atoms with E-state index in [-0.39, 0.29) is 12.4 Å². The molecule has 0 aromatic rings. The Labute approximate surface area is 230 Å². The van der Waals surface area contributed by atoms with Gasteiger partial charge in [-0.25, -0.2) is 0 Å². The zero-order valence-corrected chi connectivity index (χ0v) is 23.7. The molecular weight excluding hydrogens is 544 g/mol. The SMILES string of the molecule is CO[C@H]1O[C@H]([C@H](O)CS[C@@H]2O[C@H](COC(C)=O)[C@@H](OC(C)=O)[C@H](OC(C)=O)[C@H]2OC(C)=O)[C@@H]2OC(C)(C)O[C@H]12. The highest BCUT2D eigenvalue weighted by Gasteiger charge is 2.58. The number of esters is 4. The number of carbonyl (C=O) groups excluding carboxylic acids is 4. The highest BCUT2D eigenvalue weighted by atomic mass is 32.2. The number of fused-ring (bicyclic) bond motifs is 1. The lowest BCUT2D eigenvalue weighted by molar-refractivity contribution is -0.238. The van der Waals surface area contributed by atoms with Crippen LogP contribution in [0.15, 0.2) is 0 Å². The van der Waals surface area contributed by atoms with Crippen molar-refractivity contribution in [2.75, 3.05) is 19.5 Å². The molecule has 3 aliphatic heterocycles. The highest BCUT2D eigenvalue weighted by Crippen LogP contribution is 2.41. The van der Waals surface area contributed by atoms with Gasteiger partial charge in [0.2, 0.25) is 0 Å². The summed E-state index contributed by atoms with van der Waals surface area (Å²) in [6.07, 6.45) is -8.74. The summed E-state index contributed by atoms with van der Waals surface area (Å²) in [4.78, 5) is 47.3. The van der Waals surface area contributed by atoms with Gasteiger partial charge in [-0.15, -0.1) is 11.8 Å². The van der Waals surface area contributed by atoms with Gasteiger partial charge in [-0.3, -0.25) is 19.2 Å². The monoisotopic (exact) mass is 580 g/mol. The molecule has 15 heteroatoms. The van der Waals surface area contributed by atoms with Crippen LogP contribution in [-0.4, -0.2) is 115 Å². The van der Waals surface area contributed by atoms with Crippen molar-refractivity contribution >= 4 is 35.6 Å². The second kappa shape index (κ2) is 13.1. The Morgan fingerprint density at radius 1 is 0.846 bits per heavy atom. The third kappa shape index (κ3) is 8.02. The Kier molecular flexibility index (Phi) is 10.6. The van der Waals surface area contributed by atoms with Crippen molar-refractivity contribution in [3.05, 3.63) is 0 Å². The van der Waals surface area contributed by atoms with Crippen molar-refractivity contribution in [2.45, 2.75) is 108 Å². The molecule has 0 radical (unpaired) electrons. The molecular formula is C24H36O14S. The molecule has 0 aromatic heterocycles. The molecule has 3 rings (SSSR count). The molecule has 0 saturated carbocycles. The summed E-state index contributed by atoms with van der Waals surface area (Å²) < 4.78 is 50.4. The lowest BCUT2D eigenvalue weighted by Crippen LogP contribution is -2.61. The van der Waals surface area contributed by atoms with Gasteiger partial charge in [0.1, 0.15) is 36.5 Å². The summed E-state index contributed by atoms with van der Waals surface area (Å²) in [5.41, 5.74) is -1.03. The first-order chi connectivity index (χ1) is 18.2. The minimum absolute atomic E-state index is 0.0121. The van der Waals surface area contributed by atoms with Gasteiger partial charge in [-0.05, 0) is 13.8 Å². The first-order valence-electron chi connectivity index (χ1n) is 12.4. The zero-order chi connectivity index (χ0) is 29.1. The van der Waals surface area contributed by atoms with Crippen molar-refractivity contribution in [1.82, 2.24) is 0 Å². The van der Waals surface area contributed by atoms with Crippen LogP contribution in [0.5, 0.6) is 0 Å². The number of aliphatic hydroxyl groups excluding tert-OH is 1. The first kappa shape index (κ1) is 31.5. The number of hydrogen-bond donors (Lipinski definition) is 1. The van der Waals surface area contributed by atoms with E-state index in [9.17, 15) is 24.3 Å². The van der Waals surface area contributed by atoms with E-state index >= 15 is 0 Å². The molecule has 0 unspecified atom stereocenters. The highest BCUT2D eigenvalue weighted by molar-refractivity contribution is 7.99. The third-order valence-electron chi connectivity index (χ3n) is 6.04. The average Bonchev–Trinajstić information content (AvgIpc) is 3.31. The van der Waals surface area contributed by atoms with Crippen LogP contribution in [0.1, 0.15) is 41.5 Å². The van der Waals surface area contributed by atoms with Crippen LogP contribution in [0.2, 0.25) is 0 Å². The van der Waals surface area contributed by atoms with Crippen molar-refractivity contribution in [3.8, 4) is 0 Å². The van der Waals surface area contributed by atoms with E-state index in [1.165, 1.54) is 14.0 Å². The van der Waals surface area contributed by atoms with Gasteiger partial charge < -0.3 is 47.7 Å². The topological polar surface area (TPSA) is 172 Å². The van der Waals surface area contributed by atoms with Crippen LogP contribution in [0.3, 0.4) is 0 Å². The Morgan fingerprint density at radius 2 is 1.41 bits per heavy atom. The molecule has 10 atom stereocenters. The first-order valence-corrected chi connectivity index (χ1v) is 13.4. The maximum atomic E-state index is 12.0. The van der Waals surface area contributed by atoms with Gasteiger partial charge in [0.25, 0.3) is 0 Å². The van der Waals surface area contributed by atoms with E-state index < -0.39 is 90.2 Å². The van der Waals surface area contributed by atoms with Crippen LogP contribution < -0.4 is 0 Å². The largest absolute Gasteiger partial charge is 0.463 e. The molecule has 0 aliphatic carbocycles. The molecule has 0 bridgehead atoms. The predicted molar refractivity (Wildman–Crippen MR) is 130 cm³/mol. The van der Waals surface area contributed by atoms with Crippen LogP contribution >= 0.6 is 11.8 Å². The van der Waals surface area contributed by atoms with E-state index in [1.54, 1.807) is 13.8 Å². The Bertz CT molecular complexity index is 911. The lowest BCUT2D eigenvalue weighted by Gasteiger charge is -2.44. The average molecular weight is 581 g/mol. The van der Waals surface area contributed by atoms with E-state index in [0.717, 1.165) is 32.5 Å². The van der Waals surface area contributed by atoms with Gasteiger partial charge in [-0.2, -0.15) is 0 Å². The molecule has 1 N–H and O–H groups in total. The molecule has 39 heavy (non-hydrogen) atoms. The molecule has 0 aromatic carbocycles. The normalized spacial score (nSPS) is 35.9. The molecule has 3 aliphatic rings. The van der Waals surface area contributed by atoms with E-state index in [1.807, 2.05) is 0 Å². The predicted octanol–water partition coefficient (Wildman–Crippen LogP) is 0.0550. The number of methoxy groups -OCH3 is 1.